The first kappa shape index (κ1) is 34.6. The Kier molecular flexibility index (Phi) is 11.9. The highest BCUT2D eigenvalue weighted by Gasteiger charge is 2.39. The summed E-state index contributed by atoms with van der Waals surface area (Å²) in [5.74, 6) is -2.30. The molecule has 0 bridgehead atoms. The number of hydrogen-bond donors (Lipinski definition) is 4. The van der Waals surface area contributed by atoms with Crippen LogP contribution >= 0.6 is 0 Å². The number of carboxylic acids is 1. The molecule has 46 heavy (non-hydrogen) atoms. The normalized spacial score (nSPS) is 17.5. The molecule has 1 aliphatic carbocycles. The van der Waals surface area contributed by atoms with Crippen molar-refractivity contribution in [2.45, 2.75) is 62.9 Å². The summed E-state index contributed by atoms with van der Waals surface area (Å²) < 4.78 is 34.3. The van der Waals surface area contributed by atoms with Gasteiger partial charge in [0.1, 0.15) is 18.9 Å². The molecule has 14 nitrogen and oxygen atoms in total. The molecule has 15 heteroatoms. The first-order valence-electron chi connectivity index (χ1n) is 15.4. The summed E-state index contributed by atoms with van der Waals surface area (Å²) in [5.41, 5.74) is 2.32. The third-order valence-corrected chi connectivity index (χ3v) is 9.12. The van der Waals surface area contributed by atoms with Gasteiger partial charge in [-0.15, -0.1) is 0 Å². The Hall–Kier alpha value is -4.24. The molecule has 1 saturated heterocycles. The molecular weight excluding hydrogens is 616 g/mol. The molecule has 0 spiro atoms. The molecule has 2 aromatic rings. The number of fused-ring (bicyclic) bond motifs is 1. The van der Waals surface area contributed by atoms with E-state index >= 15 is 0 Å². The number of rotatable bonds is 15. The van der Waals surface area contributed by atoms with Crippen LogP contribution in [0, 0.1) is 11.8 Å². The first-order valence-corrected chi connectivity index (χ1v) is 16.9. The van der Waals surface area contributed by atoms with Crippen molar-refractivity contribution in [2.75, 3.05) is 32.8 Å². The monoisotopic (exact) mass is 658 g/mol. The molecule has 4 rings (SSSR count). The second kappa shape index (κ2) is 15.9. The highest BCUT2D eigenvalue weighted by atomic mass is 32.2. The summed E-state index contributed by atoms with van der Waals surface area (Å²) in [7, 11) is -4.26. The van der Waals surface area contributed by atoms with Crippen LogP contribution in [0.2, 0.25) is 0 Å². The number of hydrazone groups is 1. The predicted octanol–water partition coefficient (Wildman–Crippen LogP) is 2.11. The Morgan fingerprint density at radius 3 is 2.54 bits per heavy atom. The van der Waals surface area contributed by atoms with E-state index in [2.05, 4.69) is 20.6 Å². The van der Waals surface area contributed by atoms with Crippen LogP contribution in [0.4, 0.5) is 4.79 Å². The zero-order valence-electron chi connectivity index (χ0n) is 26.1. The van der Waals surface area contributed by atoms with E-state index in [1.165, 1.54) is 18.5 Å². The number of aliphatic carboxylic acids is 1. The van der Waals surface area contributed by atoms with E-state index in [-0.39, 0.29) is 35.9 Å². The molecule has 3 amide bonds. The summed E-state index contributed by atoms with van der Waals surface area (Å²) in [5, 5.41) is 17.7. The molecular formula is C31H42N6O8S. The Bertz CT molecular complexity index is 1540. The van der Waals surface area contributed by atoms with Crippen LogP contribution in [0.15, 0.2) is 52.5 Å². The maximum atomic E-state index is 13.6. The van der Waals surface area contributed by atoms with Crippen LogP contribution in [0.1, 0.15) is 46.0 Å². The zero-order chi connectivity index (χ0) is 33.3. The SMILES string of the molecule is CC(C)COC(=O)NN=CN1CCC[C@@H](CNC(=O)C[C@H](NS(=O)(=O)c2ccc3ccccc3c2)C(=O)N(CC(=O)O)C2CC2)C1. The number of amides is 3. The van der Waals surface area contributed by atoms with Gasteiger partial charge in [0.2, 0.25) is 21.8 Å². The number of sulfonamides is 1. The maximum absolute atomic E-state index is 13.6. The Morgan fingerprint density at radius 1 is 1.11 bits per heavy atom. The second-order valence-electron chi connectivity index (χ2n) is 12.1. The number of likely N-dealkylation sites (tertiary alicyclic amines) is 1. The average molecular weight is 659 g/mol. The fourth-order valence-electron chi connectivity index (χ4n) is 5.21. The summed E-state index contributed by atoms with van der Waals surface area (Å²) >= 11 is 0. The van der Waals surface area contributed by atoms with Crippen molar-refractivity contribution in [3.63, 3.8) is 0 Å². The average Bonchev–Trinajstić information content (AvgIpc) is 3.86. The van der Waals surface area contributed by atoms with Crippen molar-refractivity contribution in [1.29, 1.82) is 0 Å². The lowest BCUT2D eigenvalue weighted by molar-refractivity contribution is -0.146. The minimum Gasteiger partial charge on any atom is -0.480 e. The number of carbonyl (C=O) groups excluding carboxylic acids is 3. The van der Waals surface area contributed by atoms with E-state index in [1.807, 2.05) is 30.9 Å². The molecule has 2 atom stereocenters. The lowest BCUT2D eigenvalue weighted by atomic mass is 9.98. The number of nitrogens with one attached hydrogen (secondary N) is 3. The molecule has 0 unspecified atom stereocenters. The highest BCUT2D eigenvalue weighted by molar-refractivity contribution is 7.89. The third-order valence-electron chi connectivity index (χ3n) is 7.66. The molecule has 4 N–H and O–H groups in total. The van der Waals surface area contributed by atoms with Crippen molar-refractivity contribution in [2.24, 2.45) is 16.9 Å². The summed E-state index contributed by atoms with van der Waals surface area (Å²) in [6.45, 7) is 5.07. The maximum Gasteiger partial charge on any atom is 0.427 e. The number of carbonyl (C=O) groups is 4. The van der Waals surface area contributed by atoms with Gasteiger partial charge in [0.15, 0.2) is 0 Å². The van der Waals surface area contributed by atoms with E-state index in [9.17, 15) is 32.7 Å². The largest absolute Gasteiger partial charge is 0.480 e. The van der Waals surface area contributed by atoms with Crippen LogP contribution in [0.3, 0.4) is 0 Å². The molecule has 2 aliphatic rings. The predicted molar refractivity (Wildman–Crippen MR) is 170 cm³/mol. The fourth-order valence-corrected chi connectivity index (χ4v) is 6.43. The zero-order valence-corrected chi connectivity index (χ0v) is 26.9. The topological polar surface area (TPSA) is 187 Å². The molecule has 1 aliphatic heterocycles. The Balaban J connectivity index is 1.39. The van der Waals surface area contributed by atoms with E-state index in [0.29, 0.717) is 31.3 Å². The quantitative estimate of drug-likeness (QED) is 0.126. The standard InChI is InChI=1S/C31H42N6O8S/c1-21(2)19-45-31(42)34-33-20-36-13-5-6-22(17-36)16-32-28(38)15-27(30(41)37(18-29(39)40)25-10-11-25)35-46(43,44)26-12-9-23-7-3-4-8-24(23)14-26/h3-4,7-9,12,14,20-22,25,27,35H,5-6,10-11,13,15-19H2,1-2H3,(H,32,38)(H,34,42)(H,39,40)/t22-,27-/m0/s1. The number of benzene rings is 2. The lowest BCUT2D eigenvalue weighted by Gasteiger charge is -2.31. The van der Waals surface area contributed by atoms with E-state index in [0.717, 1.165) is 23.1 Å². The van der Waals surface area contributed by atoms with Crippen molar-refractivity contribution in [3.8, 4) is 0 Å². The fraction of sp³-hybridized carbons (Fsp3) is 0.516. The molecule has 2 fully saturated rings. The van der Waals surface area contributed by atoms with E-state index in [1.54, 1.807) is 18.2 Å². The van der Waals surface area contributed by atoms with Crippen LogP contribution in [0.5, 0.6) is 0 Å². The third kappa shape index (κ3) is 10.4. The lowest BCUT2D eigenvalue weighted by Crippen LogP contribution is -2.52. The number of ether oxygens (including phenoxy) is 1. The van der Waals surface area contributed by atoms with Crippen LogP contribution in [-0.2, 0) is 29.1 Å². The minimum atomic E-state index is -4.26. The van der Waals surface area contributed by atoms with Crippen molar-refractivity contribution < 1.29 is 37.4 Å². The van der Waals surface area contributed by atoms with Gasteiger partial charge in [-0.25, -0.2) is 18.6 Å². The molecule has 0 aromatic heterocycles. The van der Waals surface area contributed by atoms with Crippen molar-refractivity contribution >= 4 is 51.0 Å². The molecule has 1 saturated carbocycles. The van der Waals surface area contributed by atoms with Gasteiger partial charge < -0.3 is 25.0 Å². The molecule has 0 radical (unpaired) electrons. The van der Waals surface area contributed by atoms with Crippen molar-refractivity contribution in [1.82, 2.24) is 25.3 Å². The smallest absolute Gasteiger partial charge is 0.427 e. The van der Waals surface area contributed by atoms with Gasteiger partial charge in [0.05, 0.1) is 17.9 Å². The first-order chi connectivity index (χ1) is 21.9. The Labute approximate surface area is 268 Å². The molecule has 250 valence electrons. The van der Waals surface area contributed by atoms with Gasteiger partial charge in [-0.2, -0.15) is 9.82 Å². The van der Waals surface area contributed by atoms with E-state index in [4.69, 9.17) is 4.74 Å². The van der Waals surface area contributed by atoms with Gasteiger partial charge in [0, 0.05) is 25.7 Å². The van der Waals surface area contributed by atoms with Crippen LogP contribution < -0.4 is 15.5 Å². The van der Waals surface area contributed by atoms with Crippen LogP contribution in [0.25, 0.3) is 10.8 Å². The molecule has 1 heterocycles. The summed E-state index contributed by atoms with van der Waals surface area (Å²) in [6, 6.07) is 9.96. The van der Waals surface area contributed by atoms with Gasteiger partial charge in [-0.05, 0) is 60.4 Å². The van der Waals surface area contributed by atoms with Gasteiger partial charge in [0.25, 0.3) is 0 Å². The summed E-state index contributed by atoms with van der Waals surface area (Å²) in [4.78, 5) is 52.9. The van der Waals surface area contributed by atoms with Crippen molar-refractivity contribution in [3.05, 3.63) is 42.5 Å². The number of nitrogens with zero attached hydrogens (tertiary/aromatic N) is 3. The minimum absolute atomic E-state index is 0.0375. The second-order valence-corrected chi connectivity index (χ2v) is 13.8. The van der Waals surface area contributed by atoms with Gasteiger partial charge >= 0.3 is 12.1 Å². The number of piperidine rings is 1. The van der Waals surface area contributed by atoms with Crippen LogP contribution in [-0.4, -0.2) is 98.4 Å². The molecule has 2 aromatic carbocycles. The number of hydrogen-bond acceptors (Lipinski definition) is 8. The highest BCUT2D eigenvalue weighted by Crippen LogP contribution is 2.28. The van der Waals surface area contributed by atoms with Gasteiger partial charge in [-0.3, -0.25) is 14.4 Å². The van der Waals surface area contributed by atoms with Gasteiger partial charge in [-0.1, -0.05) is 44.2 Å². The Morgan fingerprint density at radius 2 is 1.85 bits per heavy atom. The number of carboxylic acid groups (broad SMARTS) is 1. The van der Waals surface area contributed by atoms with E-state index < -0.39 is 52.9 Å². The summed E-state index contributed by atoms with van der Waals surface area (Å²) in [6.07, 6.45) is 3.21.